The number of ether oxygens (including phenoxy) is 2. The largest absolute Gasteiger partial charge is 0.486 e. The monoisotopic (exact) mass is 299 g/mol. The number of benzene rings is 1. The molecule has 1 atom stereocenters. The van der Waals surface area contributed by atoms with Crippen LogP contribution in [0.3, 0.4) is 0 Å². The first kappa shape index (κ1) is 14.9. The van der Waals surface area contributed by atoms with Crippen molar-refractivity contribution in [2.75, 3.05) is 31.5 Å². The average Bonchev–Trinajstić information content (AvgIpc) is 2.44. The third kappa shape index (κ3) is 3.97. The van der Waals surface area contributed by atoms with Crippen LogP contribution in [0.15, 0.2) is 17.0 Å². The predicted octanol–water partition coefficient (Wildman–Crippen LogP) is 3.02. The van der Waals surface area contributed by atoms with E-state index in [1.807, 2.05) is 11.8 Å². The number of rotatable bonds is 6. The zero-order valence-corrected chi connectivity index (χ0v) is 13.3. The molecule has 1 aromatic carbocycles. The number of hydrogen-bond donors (Lipinski definition) is 1. The van der Waals surface area contributed by atoms with Crippen molar-refractivity contribution < 1.29 is 9.47 Å². The van der Waals surface area contributed by atoms with Gasteiger partial charge >= 0.3 is 0 Å². The van der Waals surface area contributed by atoms with Crippen LogP contribution in [0.5, 0.6) is 11.5 Å². The van der Waals surface area contributed by atoms with Crippen molar-refractivity contribution >= 4 is 23.5 Å². The Morgan fingerprint density at radius 1 is 1.21 bits per heavy atom. The molecular formula is C14H21NO2S2. The van der Waals surface area contributed by atoms with E-state index in [9.17, 15) is 0 Å². The summed E-state index contributed by atoms with van der Waals surface area (Å²) in [5.41, 5.74) is 1.28. The summed E-state index contributed by atoms with van der Waals surface area (Å²) in [6.45, 7) is 4.37. The second-order valence-corrected chi connectivity index (χ2v) is 6.30. The maximum atomic E-state index is 5.65. The van der Waals surface area contributed by atoms with Crippen molar-refractivity contribution in [3.63, 3.8) is 0 Å². The van der Waals surface area contributed by atoms with Crippen LogP contribution in [0.4, 0.5) is 0 Å². The lowest BCUT2D eigenvalue weighted by Crippen LogP contribution is -2.28. The summed E-state index contributed by atoms with van der Waals surface area (Å²) in [6.07, 6.45) is 4.23. The molecule has 1 aliphatic rings. The van der Waals surface area contributed by atoms with Crippen molar-refractivity contribution in [2.45, 2.75) is 24.4 Å². The van der Waals surface area contributed by atoms with Gasteiger partial charge in [0.15, 0.2) is 11.5 Å². The SMILES string of the molecule is CSCC(C)NCc1cc2c(cc1SC)OCCO2. The normalized spacial score (nSPS) is 15.3. The van der Waals surface area contributed by atoms with Gasteiger partial charge in [-0.25, -0.2) is 0 Å². The Kier molecular flexibility index (Phi) is 5.73. The molecule has 3 nitrogen and oxygen atoms in total. The lowest BCUT2D eigenvalue weighted by molar-refractivity contribution is 0.171. The molecule has 0 spiro atoms. The summed E-state index contributed by atoms with van der Waals surface area (Å²) in [4.78, 5) is 1.26. The van der Waals surface area contributed by atoms with Crippen molar-refractivity contribution in [2.24, 2.45) is 0 Å². The van der Waals surface area contributed by atoms with Crippen molar-refractivity contribution in [1.29, 1.82) is 0 Å². The Morgan fingerprint density at radius 3 is 2.53 bits per heavy atom. The third-order valence-electron chi connectivity index (χ3n) is 3.00. The summed E-state index contributed by atoms with van der Waals surface area (Å²) in [7, 11) is 0. The molecule has 0 aromatic heterocycles. The van der Waals surface area contributed by atoms with Gasteiger partial charge in [-0.2, -0.15) is 11.8 Å². The second kappa shape index (κ2) is 7.31. The second-order valence-electron chi connectivity index (χ2n) is 4.55. The van der Waals surface area contributed by atoms with Gasteiger partial charge in [0.1, 0.15) is 13.2 Å². The highest BCUT2D eigenvalue weighted by Crippen LogP contribution is 2.36. The summed E-state index contributed by atoms with van der Waals surface area (Å²) in [5, 5.41) is 3.55. The number of nitrogens with one attached hydrogen (secondary N) is 1. The average molecular weight is 299 g/mol. The summed E-state index contributed by atoms with van der Waals surface area (Å²) in [5.74, 6) is 2.87. The van der Waals surface area contributed by atoms with Crippen LogP contribution in [0.25, 0.3) is 0 Å². The lowest BCUT2D eigenvalue weighted by atomic mass is 10.2. The van der Waals surface area contributed by atoms with E-state index in [2.05, 4.69) is 36.9 Å². The van der Waals surface area contributed by atoms with Gasteiger partial charge in [-0.1, -0.05) is 0 Å². The van der Waals surface area contributed by atoms with Gasteiger partial charge in [-0.05, 0) is 37.1 Å². The number of thioether (sulfide) groups is 2. The molecule has 1 aromatic rings. The lowest BCUT2D eigenvalue weighted by Gasteiger charge is -2.21. The van der Waals surface area contributed by atoms with Crippen LogP contribution >= 0.6 is 23.5 Å². The predicted molar refractivity (Wildman–Crippen MR) is 83.9 cm³/mol. The quantitative estimate of drug-likeness (QED) is 0.816. The molecule has 1 unspecified atom stereocenters. The van der Waals surface area contributed by atoms with Crippen LogP contribution in [-0.2, 0) is 6.54 Å². The van der Waals surface area contributed by atoms with E-state index in [-0.39, 0.29) is 0 Å². The van der Waals surface area contributed by atoms with Gasteiger partial charge in [0.05, 0.1) is 0 Å². The fourth-order valence-corrected chi connectivity index (χ4v) is 3.27. The molecule has 5 heteroatoms. The molecule has 1 heterocycles. The molecule has 1 aliphatic heterocycles. The van der Waals surface area contributed by atoms with E-state index in [0.29, 0.717) is 19.3 Å². The molecule has 1 N–H and O–H groups in total. The molecule has 0 saturated carbocycles. The Balaban J connectivity index is 2.10. The highest BCUT2D eigenvalue weighted by Gasteiger charge is 2.15. The fourth-order valence-electron chi connectivity index (χ4n) is 2.03. The van der Waals surface area contributed by atoms with Crippen molar-refractivity contribution in [3.8, 4) is 11.5 Å². The van der Waals surface area contributed by atoms with E-state index in [1.165, 1.54) is 10.5 Å². The van der Waals surface area contributed by atoms with Gasteiger partial charge in [0.2, 0.25) is 0 Å². The first-order valence-electron chi connectivity index (χ1n) is 6.43. The van der Waals surface area contributed by atoms with Crippen LogP contribution < -0.4 is 14.8 Å². The Bertz CT molecular complexity index is 426. The summed E-state index contributed by atoms with van der Waals surface area (Å²) < 4.78 is 11.3. The van der Waals surface area contributed by atoms with E-state index in [1.54, 1.807) is 11.8 Å². The molecule has 0 radical (unpaired) electrons. The first-order valence-corrected chi connectivity index (χ1v) is 9.05. The van der Waals surface area contributed by atoms with Gasteiger partial charge in [-0.15, -0.1) is 11.8 Å². The molecule has 0 bridgehead atoms. The Morgan fingerprint density at radius 2 is 1.89 bits per heavy atom. The van der Waals surface area contributed by atoms with E-state index < -0.39 is 0 Å². The molecule has 0 fully saturated rings. The maximum Gasteiger partial charge on any atom is 0.162 e. The van der Waals surface area contributed by atoms with E-state index in [4.69, 9.17) is 9.47 Å². The summed E-state index contributed by atoms with van der Waals surface area (Å²) >= 11 is 3.62. The minimum absolute atomic E-state index is 0.512. The van der Waals surface area contributed by atoms with Crippen molar-refractivity contribution in [3.05, 3.63) is 17.7 Å². The molecule has 106 valence electrons. The van der Waals surface area contributed by atoms with Gasteiger partial charge in [0, 0.05) is 23.2 Å². The molecule has 19 heavy (non-hydrogen) atoms. The number of hydrogen-bond acceptors (Lipinski definition) is 5. The van der Waals surface area contributed by atoms with E-state index in [0.717, 1.165) is 23.8 Å². The first-order chi connectivity index (χ1) is 9.24. The van der Waals surface area contributed by atoms with Crippen LogP contribution in [0, 0.1) is 0 Å². The molecule has 0 amide bonds. The van der Waals surface area contributed by atoms with E-state index >= 15 is 0 Å². The van der Waals surface area contributed by atoms with Gasteiger partial charge in [0.25, 0.3) is 0 Å². The summed E-state index contributed by atoms with van der Waals surface area (Å²) in [6, 6.07) is 4.71. The van der Waals surface area contributed by atoms with Crippen LogP contribution in [0.1, 0.15) is 12.5 Å². The van der Waals surface area contributed by atoms with Gasteiger partial charge < -0.3 is 14.8 Å². The minimum atomic E-state index is 0.512. The maximum absolute atomic E-state index is 5.65. The zero-order valence-electron chi connectivity index (χ0n) is 11.7. The molecule has 0 aliphatic carbocycles. The Hall–Kier alpha value is -0.520. The highest BCUT2D eigenvalue weighted by molar-refractivity contribution is 7.98. The van der Waals surface area contributed by atoms with Crippen LogP contribution in [-0.4, -0.2) is 37.5 Å². The fraction of sp³-hybridized carbons (Fsp3) is 0.571. The minimum Gasteiger partial charge on any atom is -0.486 e. The smallest absolute Gasteiger partial charge is 0.162 e. The Labute approximate surface area is 123 Å². The third-order valence-corrected chi connectivity index (χ3v) is 4.66. The highest BCUT2D eigenvalue weighted by atomic mass is 32.2. The zero-order chi connectivity index (χ0) is 13.7. The number of fused-ring (bicyclic) bond motifs is 1. The standard InChI is InChI=1S/C14H21NO2S2/c1-10(9-18-2)15-8-11-6-12-13(7-14(11)19-3)17-5-4-16-12/h6-7,10,15H,4-5,8-9H2,1-3H3. The topological polar surface area (TPSA) is 30.5 Å². The van der Waals surface area contributed by atoms with Gasteiger partial charge in [-0.3, -0.25) is 0 Å². The molecule has 0 saturated heterocycles. The molecule has 2 rings (SSSR count). The van der Waals surface area contributed by atoms with Crippen LogP contribution in [0.2, 0.25) is 0 Å². The molecular weight excluding hydrogens is 278 g/mol. The van der Waals surface area contributed by atoms with Crippen molar-refractivity contribution in [1.82, 2.24) is 5.32 Å².